The summed E-state index contributed by atoms with van der Waals surface area (Å²) in [6.45, 7) is 0. The minimum Gasteiger partial charge on any atom is -0.366 e. The molecule has 0 aliphatic heterocycles. The van der Waals surface area contributed by atoms with Crippen LogP contribution in [0.4, 0.5) is 11.5 Å². The van der Waals surface area contributed by atoms with Crippen molar-refractivity contribution in [3.8, 4) is 0 Å². The molecule has 5 heteroatoms. The lowest BCUT2D eigenvalue weighted by atomic mass is 10.1. The average Bonchev–Trinajstić information content (AvgIpc) is 2.81. The molecule has 0 saturated carbocycles. The second-order valence-electron chi connectivity index (χ2n) is 4.67. The second kappa shape index (κ2) is 4.68. The predicted molar refractivity (Wildman–Crippen MR) is 72.2 cm³/mol. The van der Waals surface area contributed by atoms with Crippen molar-refractivity contribution in [2.75, 3.05) is 5.32 Å². The first-order valence-corrected chi connectivity index (χ1v) is 6.16. The van der Waals surface area contributed by atoms with Gasteiger partial charge in [-0.3, -0.25) is 10.1 Å². The van der Waals surface area contributed by atoms with E-state index in [1.165, 1.54) is 29.5 Å². The minimum absolute atomic E-state index is 0.0630. The van der Waals surface area contributed by atoms with Gasteiger partial charge in [0.15, 0.2) is 0 Å². The molecular formula is C14H13N3O2. The van der Waals surface area contributed by atoms with Crippen LogP contribution < -0.4 is 5.32 Å². The highest BCUT2D eigenvalue weighted by Crippen LogP contribution is 2.24. The van der Waals surface area contributed by atoms with Crippen LogP contribution in [0.3, 0.4) is 0 Å². The number of benzene rings is 1. The Morgan fingerprint density at radius 2 is 1.89 bits per heavy atom. The van der Waals surface area contributed by atoms with E-state index in [1.807, 2.05) is 12.1 Å². The maximum absolute atomic E-state index is 10.7. The van der Waals surface area contributed by atoms with Gasteiger partial charge in [0.25, 0.3) is 5.69 Å². The van der Waals surface area contributed by atoms with E-state index in [2.05, 4.69) is 22.4 Å². The number of nitrogens with one attached hydrogen (secondary N) is 1. The van der Waals surface area contributed by atoms with Crippen molar-refractivity contribution in [2.45, 2.75) is 18.9 Å². The molecule has 1 N–H and O–H groups in total. The molecule has 96 valence electrons. The van der Waals surface area contributed by atoms with Crippen molar-refractivity contribution in [1.29, 1.82) is 0 Å². The van der Waals surface area contributed by atoms with Gasteiger partial charge in [0.05, 0.1) is 11.0 Å². The third-order valence-electron chi connectivity index (χ3n) is 3.36. The first-order valence-electron chi connectivity index (χ1n) is 6.16. The molecule has 1 aliphatic rings. The molecule has 0 atom stereocenters. The summed E-state index contributed by atoms with van der Waals surface area (Å²) in [6.07, 6.45) is 3.32. The molecule has 0 bridgehead atoms. The summed E-state index contributed by atoms with van der Waals surface area (Å²) >= 11 is 0. The van der Waals surface area contributed by atoms with Gasteiger partial charge in [0.1, 0.15) is 5.82 Å². The Balaban J connectivity index is 1.74. The topological polar surface area (TPSA) is 68.1 Å². The summed E-state index contributed by atoms with van der Waals surface area (Å²) in [5, 5.41) is 14.0. The molecule has 1 aromatic heterocycles. The second-order valence-corrected chi connectivity index (χ2v) is 4.67. The zero-order chi connectivity index (χ0) is 13.2. The molecule has 0 spiro atoms. The van der Waals surface area contributed by atoms with E-state index in [1.54, 1.807) is 0 Å². The summed E-state index contributed by atoms with van der Waals surface area (Å²) in [6, 6.07) is 11.4. The zero-order valence-electron chi connectivity index (χ0n) is 10.2. The van der Waals surface area contributed by atoms with Crippen molar-refractivity contribution < 1.29 is 4.92 Å². The van der Waals surface area contributed by atoms with Crippen LogP contribution in [0.1, 0.15) is 11.1 Å². The maximum atomic E-state index is 10.7. The van der Waals surface area contributed by atoms with E-state index < -0.39 is 4.92 Å². The van der Waals surface area contributed by atoms with Crippen LogP contribution in [0.25, 0.3) is 0 Å². The van der Waals surface area contributed by atoms with Crippen molar-refractivity contribution in [3.63, 3.8) is 0 Å². The molecule has 0 saturated heterocycles. The molecule has 5 nitrogen and oxygen atoms in total. The highest BCUT2D eigenvalue weighted by Gasteiger charge is 2.21. The molecule has 1 heterocycles. The number of nitrogens with zero attached hydrogens (tertiary/aromatic N) is 2. The van der Waals surface area contributed by atoms with E-state index in [4.69, 9.17) is 0 Å². The van der Waals surface area contributed by atoms with E-state index in [0.717, 1.165) is 12.8 Å². The molecule has 0 amide bonds. The number of hydrogen-bond acceptors (Lipinski definition) is 4. The first-order chi connectivity index (χ1) is 9.22. The van der Waals surface area contributed by atoms with Crippen LogP contribution in [0.2, 0.25) is 0 Å². The summed E-state index contributed by atoms with van der Waals surface area (Å²) in [7, 11) is 0. The van der Waals surface area contributed by atoms with E-state index >= 15 is 0 Å². The Labute approximate surface area is 110 Å². The van der Waals surface area contributed by atoms with E-state index in [9.17, 15) is 10.1 Å². The number of anilines is 1. The molecule has 3 rings (SSSR count). The fraction of sp³-hybridized carbons (Fsp3) is 0.214. The van der Waals surface area contributed by atoms with Crippen LogP contribution in [0, 0.1) is 10.1 Å². The number of fused-ring (bicyclic) bond motifs is 1. The minimum atomic E-state index is -0.406. The van der Waals surface area contributed by atoms with Gasteiger partial charge in [-0.05, 0) is 24.0 Å². The third kappa shape index (κ3) is 2.40. The van der Waals surface area contributed by atoms with Gasteiger partial charge >= 0.3 is 0 Å². The van der Waals surface area contributed by atoms with E-state index in [-0.39, 0.29) is 11.7 Å². The van der Waals surface area contributed by atoms with Crippen molar-refractivity contribution in [2.24, 2.45) is 0 Å². The Morgan fingerprint density at radius 3 is 2.53 bits per heavy atom. The molecule has 1 aromatic carbocycles. The number of hydrogen-bond donors (Lipinski definition) is 1. The predicted octanol–water partition coefficient (Wildman–Crippen LogP) is 2.57. The smallest absolute Gasteiger partial charge is 0.274 e. The molecule has 0 radical (unpaired) electrons. The van der Waals surface area contributed by atoms with Crippen LogP contribution in [0.5, 0.6) is 0 Å². The van der Waals surface area contributed by atoms with Gasteiger partial charge in [0.2, 0.25) is 0 Å². The Kier molecular flexibility index (Phi) is 2.87. The van der Waals surface area contributed by atoms with E-state index in [0.29, 0.717) is 5.82 Å². The Hall–Kier alpha value is -2.43. The van der Waals surface area contributed by atoms with Gasteiger partial charge in [-0.1, -0.05) is 24.3 Å². The number of rotatable bonds is 3. The SMILES string of the molecule is O=[N+]([O-])c1ccnc(NC2Cc3ccccc3C2)c1. The van der Waals surface area contributed by atoms with Gasteiger partial charge in [-0.15, -0.1) is 0 Å². The standard InChI is InChI=1S/C14H13N3O2/c18-17(19)13-5-6-15-14(9-13)16-12-7-10-3-1-2-4-11(10)8-12/h1-6,9,12H,7-8H2,(H,15,16). The van der Waals surface area contributed by atoms with Crippen molar-refractivity contribution in [1.82, 2.24) is 4.98 Å². The fourth-order valence-electron chi connectivity index (χ4n) is 2.48. The summed E-state index contributed by atoms with van der Waals surface area (Å²) < 4.78 is 0. The first kappa shape index (κ1) is 11.6. The van der Waals surface area contributed by atoms with Crippen LogP contribution in [-0.4, -0.2) is 15.9 Å². The van der Waals surface area contributed by atoms with Gasteiger partial charge in [-0.2, -0.15) is 0 Å². The molecular weight excluding hydrogens is 242 g/mol. The summed E-state index contributed by atoms with van der Waals surface area (Å²) in [5.41, 5.74) is 2.74. The monoisotopic (exact) mass is 255 g/mol. The Bertz CT molecular complexity index is 603. The molecule has 0 unspecified atom stereocenters. The lowest BCUT2D eigenvalue weighted by Crippen LogP contribution is -2.20. The number of pyridine rings is 1. The zero-order valence-corrected chi connectivity index (χ0v) is 10.2. The third-order valence-corrected chi connectivity index (χ3v) is 3.36. The van der Waals surface area contributed by atoms with Gasteiger partial charge < -0.3 is 5.32 Å². The average molecular weight is 255 g/mol. The normalized spacial score (nSPS) is 14.1. The lowest BCUT2D eigenvalue weighted by Gasteiger charge is -2.12. The number of nitro groups is 1. The number of aromatic nitrogens is 1. The fourth-order valence-corrected chi connectivity index (χ4v) is 2.48. The highest BCUT2D eigenvalue weighted by molar-refractivity contribution is 5.47. The molecule has 19 heavy (non-hydrogen) atoms. The quantitative estimate of drug-likeness (QED) is 0.676. The van der Waals surface area contributed by atoms with Gasteiger partial charge in [0, 0.05) is 18.3 Å². The summed E-state index contributed by atoms with van der Waals surface area (Å²) in [5.74, 6) is 0.562. The molecule has 0 fully saturated rings. The Morgan fingerprint density at radius 1 is 1.21 bits per heavy atom. The summed E-state index contributed by atoms with van der Waals surface area (Å²) in [4.78, 5) is 14.4. The van der Waals surface area contributed by atoms with Crippen LogP contribution >= 0.6 is 0 Å². The molecule has 2 aromatic rings. The maximum Gasteiger partial charge on any atom is 0.274 e. The highest BCUT2D eigenvalue weighted by atomic mass is 16.6. The van der Waals surface area contributed by atoms with Crippen LogP contribution in [0.15, 0.2) is 42.6 Å². The van der Waals surface area contributed by atoms with Crippen LogP contribution in [-0.2, 0) is 12.8 Å². The van der Waals surface area contributed by atoms with Crippen molar-refractivity contribution in [3.05, 3.63) is 63.8 Å². The lowest BCUT2D eigenvalue weighted by molar-refractivity contribution is -0.384. The largest absolute Gasteiger partial charge is 0.366 e. The van der Waals surface area contributed by atoms with Crippen molar-refractivity contribution >= 4 is 11.5 Å². The molecule has 1 aliphatic carbocycles. The van der Waals surface area contributed by atoms with Gasteiger partial charge in [-0.25, -0.2) is 4.98 Å².